The number of allylic oxidation sites excluding steroid dienone is 3. The predicted molar refractivity (Wildman–Crippen MR) is 73.6 cm³/mol. The van der Waals surface area contributed by atoms with Crippen molar-refractivity contribution in [1.82, 2.24) is 0 Å². The Hall–Kier alpha value is -1.13. The SMILES string of the molecule is CC(=C/C(=O)O)/C=C/[C@@H]1[C@H](C)C[C@@H](O)[C@@H](O)C1(C)C. The Morgan fingerprint density at radius 2 is 1.89 bits per heavy atom. The van der Waals surface area contributed by atoms with Gasteiger partial charge in [-0.05, 0) is 36.2 Å². The fourth-order valence-electron chi connectivity index (χ4n) is 3.02. The first-order valence-corrected chi connectivity index (χ1v) is 6.61. The second-order valence-corrected chi connectivity index (χ2v) is 6.16. The molecule has 4 atom stereocenters. The fourth-order valence-corrected chi connectivity index (χ4v) is 3.02. The number of carbonyl (C=O) groups is 1. The summed E-state index contributed by atoms with van der Waals surface area (Å²) in [6, 6.07) is 0. The van der Waals surface area contributed by atoms with Crippen LogP contribution in [0.25, 0.3) is 0 Å². The van der Waals surface area contributed by atoms with Gasteiger partial charge in [0.1, 0.15) is 0 Å². The lowest BCUT2D eigenvalue weighted by Crippen LogP contribution is -2.51. The van der Waals surface area contributed by atoms with E-state index in [9.17, 15) is 15.0 Å². The molecule has 4 heteroatoms. The first-order valence-electron chi connectivity index (χ1n) is 6.61. The van der Waals surface area contributed by atoms with E-state index in [4.69, 9.17) is 5.11 Å². The van der Waals surface area contributed by atoms with Gasteiger partial charge in [-0.15, -0.1) is 0 Å². The maximum atomic E-state index is 10.6. The van der Waals surface area contributed by atoms with E-state index in [1.165, 1.54) is 0 Å². The Bertz CT molecular complexity index is 395. The van der Waals surface area contributed by atoms with Crippen LogP contribution in [0.1, 0.15) is 34.1 Å². The zero-order valence-electron chi connectivity index (χ0n) is 12.0. The van der Waals surface area contributed by atoms with Gasteiger partial charge >= 0.3 is 5.97 Å². The summed E-state index contributed by atoms with van der Waals surface area (Å²) in [4.78, 5) is 10.6. The minimum absolute atomic E-state index is 0.100. The van der Waals surface area contributed by atoms with Gasteiger partial charge in [0.25, 0.3) is 0 Å². The normalized spacial score (nSPS) is 35.6. The minimum Gasteiger partial charge on any atom is -0.478 e. The third-order valence-corrected chi connectivity index (χ3v) is 4.13. The molecule has 1 fully saturated rings. The lowest BCUT2D eigenvalue weighted by Gasteiger charge is -2.47. The molecule has 1 aliphatic carbocycles. The van der Waals surface area contributed by atoms with Gasteiger partial charge in [-0.25, -0.2) is 4.79 Å². The molecule has 0 radical (unpaired) electrons. The van der Waals surface area contributed by atoms with Crippen LogP contribution < -0.4 is 0 Å². The van der Waals surface area contributed by atoms with E-state index in [-0.39, 0.29) is 11.8 Å². The average molecular weight is 268 g/mol. The van der Waals surface area contributed by atoms with Crippen LogP contribution in [0.15, 0.2) is 23.8 Å². The molecule has 1 rings (SSSR count). The Morgan fingerprint density at radius 1 is 1.32 bits per heavy atom. The maximum Gasteiger partial charge on any atom is 0.328 e. The van der Waals surface area contributed by atoms with E-state index in [0.29, 0.717) is 12.0 Å². The number of hydrogen-bond acceptors (Lipinski definition) is 3. The van der Waals surface area contributed by atoms with Gasteiger partial charge in [0.05, 0.1) is 12.2 Å². The predicted octanol–water partition coefficient (Wildman–Crippen LogP) is 1.98. The van der Waals surface area contributed by atoms with E-state index in [2.05, 4.69) is 0 Å². The third-order valence-electron chi connectivity index (χ3n) is 4.13. The number of aliphatic carboxylic acids is 1. The molecule has 4 nitrogen and oxygen atoms in total. The quantitative estimate of drug-likeness (QED) is 0.540. The molecular weight excluding hydrogens is 244 g/mol. The third kappa shape index (κ3) is 3.67. The van der Waals surface area contributed by atoms with Gasteiger partial charge in [0.15, 0.2) is 0 Å². The lowest BCUT2D eigenvalue weighted by atomic mass is 9.61. The topological polar surface area (TPSA) is 77.8 Å². The highest BCUT2D eigenvalue weighted by Crippen LogP contribution is 2.45. The van der Waals surface area contributed by atoms with Gasteiger partial charge in [-0.3, -0.25) is 0 Å². The zero-order chi connectivity index (χ0) is 14.8. The minimum atomic E-state index is -0.964. The molecule has 3 N–H and O–H groups in total. The number of aliphatic hydroxyl groups is 2. The van der Waals surface area contributed by atoms with Crippen LogP contribution in [0.3, 0.4) is 0 Å². The molecule has 0 heterocycles. The number of aliphatic hydroxyl groups excluding tert-OH is 2. The molecule has 0 aliphatic heterocycles. The van der Waals surface area contributed by atoms with Crippen molar-refractivity contribution >= 4 is 5.97 Å². The monoisotopic (exact) mass is 268 g/mol. The van der Waals surface area contributed by atoms with Crippen molar-refractivity contribution in [1.29, 1.82) is 0 Å². The van der Waals surface area contributed by atoms with Gasteiger partial charge in [0.2, 0.25) is 0 Å². The Balaban J connectivity index is 2.92. The van der Waals surface area contributed by atoms with E-state index in [1.54, 1.807) is 13.0 Å². The second kappa shape index (κ2) is 5.88. The van der Waals surface area contributed by atoms with Crippen molar-refractivity contribution in [2.24, 2.45) is 17.3 Å². The molecule has 0 aromatic rings. The van der Waals surface area contributed by atoms with Crippen LogP contribution >= 0.6 is 0 Å². The summed E-state index contributed by atoms with van der Waals surface area (Å²) in [5, 5.41) is 28.6. The molecule has 0 saturated heterocycles. The van der Waals surface area contributed by atoms with Crippen molar-refractivity contribution in [3.63, 3.8) is 0 Å². The van der Waals surface area contributed by atoms with E-state index in [1.807, 2.05) is 26.8 Å². The summed E-state index contributed by atoms with van der Waals surface area (Å²) < 4.78 is 0. The summed E-state index contributed by atoms with van der Waals surface area (Å²) in [5.41, 5.74) is 0.230. The molecule has 0 bridgehead atoms. The Kier molecular flexibility index (Phi) is 4.93. The van der Waals surface area contributed by atoms with Gasteiger partial charge in [-0.2, -0.15) is 0 Å². The molecule has 0 unspecified atom stereocenters. The number of carboxylic acids is 1. The highest BCUT2D eigenvalue weighted by Gasteiger charge is 2.46. The first-order chi connectivity index (χ1) is 8.66. The zero-order valence-corrected chi connectivity index (χ0v) is 12.0. The van der Waals surface area contributed by atoms with Crippen LogP contribution in [-0.2, 0) is 4.79 Å². The number of carboxylic acid groups (broad SMARTS) is 1. The van der Waals surface area contributed by atoms with Gasteiger partial charge < -0.3 is 15.3 Å². The van der Waals surface area contributed by atoms with Crippen LogP contribution in [-0.4, -0.2) is 33.5 Å². The maximum absolute atomic E-state index is 10.6. The summed E-state index contributed by atoms with van der Waals surface area (Å²) >= 11 is 0. The first kappa shape index (κ1) is 15.9. The number of hydrogen-bond donors (Lipinski definition) is 3. The molecule has 1 aliphatic rings. The fraction of sp³-hybridized carbons (Fsp3) is 0.667. The van der Waals surface area contributed by atoms with Crippen molar-refractivity contribution in [3.8, 4) is 0 Å². The molecule has 0 spiro atoms. The van der Waals surface area contributed by atoms with Crippen LogP contribution in [0.4, 0.5) is 0 Å². The lowest BCUT2D eigenvalue weighted by molar-refractivity contribution is -0.131. The van der Waals surface area contributed by atoms with Crippen molar-refractivity contribution in [2.45, 2.75) is 46.3 Å². The largest absolute Gasteiger partial charge is 0.478 e. The van der Waals surface area contributed by atoms with Gasteiger partial charge in [0, 0.05) is 6.08 Å². The van der Waals surface area contributed by atoms with Crippen LogP contribution in [0.2, 0.25) is 0 Å². The standard InChI is InChI=1S/C15H24O4/c1-9(7-13(17)18)5-6-11-10(2)8-12(16)14(19)15(11,3)4/h5-7,10-12,14,16,19H,8H2,1-4H3,(H,17,18)/b6-5+,9-7-/t10-,11-,12-,14-/m1/s1. The molecule has 0 amide bonds. The molecular formula is C15H24O4. The van der Waals surface area contributed by atoms with Crippen molar-refractivity contribution in [2.75, 3.05) is 0 Å². The van der Waals surface area contributed by atoms with E-state index >= 15 is 0 Å². The molecule has 19 heavy (non-hydrogen) atoms. The number of rotatable bonds is 3. The Labute approximate surface area is 114 Å². The van der Waals surface area contributed by atoms with Crippen LogP contribution in [0.5, 0.6) is 0 Å². The second-order valence-electron chi connectivity index (χ2n) is 6.16. The smallest absolute Gasteiger partial charge is 0.328 e. The highest BCUT2D eigenvalue weighted by molar-refractivity contribution is 5.81. The van der Waals surface area contributed by atoms with Gasteiger partial charge in [-0.1, -0.05) is 32.9 Å². The molecule has 1 saturated carbocycles. The highest BCUT2D eigenvalue weighted by atomic mass is 16.4. The summed E-state index contributed by atoms with van der Waals surface area (Å²) in [5.74, 6) is -0.626. The van der Waals surface area contributed by atoms with Crippen LogP contribution in [0, 0.1) is 17.3 Å². The van der Waals surface area contributed by atoms with E-state index < -0.39 is 23.6 Å². The van der Waals surface area contributed by atoms with Crippen molar-refractivity contribution in [3.05, 3.63) is 23.8 Å². The van der Waals surface area contributed by atoms with Crippen molar-refractivity contribution < 1.29 is 20.1 Å². The Morgan fingerprint density at radius 3 is 2.42 bits per heavy atom. The van der Waals surface area contributed by atoms with E-state index in [0.717, 1.165) is 6.08 Å². The molecule has 0 aromatic heterocycles. The summed E-state index contributed by atoms with van der Waals surface area (Å²) in [6.07, 6.45) is 3.99. The summed E-state index contributed by atoms with van der Waals surface area (Å²) in [7, 11) is 0. The average Bonchev–Trinajstić information content (AvgIpc) is 2.24. The molecule has 0 aromatic carbocycles. The summed E-state index contributed by atoms with van der Waals surface area (Å²) in [6.45, 7) is 7.64. The molecule has 108 valence electrons.